The molecule has 3 N–H and O–H groups in total. The summed E-state index contributed by atoms with van der Waals surface area (Å²) in [6.07, 6.45) is -0.546. The number of halogens is 1. The molecule has 1 saturated heterocycles. The van der Waals surface area contributed by atoms with Gasteiger partial charge in [0.15, 0.2) is 0 Å². The number of hydrogen-bond donors (Lipinski definition) is 3. The average Bonchev–Trinajstić information content (AvgIpc) is 3.12. The van der Waals surface area contributed by atoms with E-state index < -0.39 is 6.10 Å². The Bertz CT molecular complexity index is 1040. The number of morpholine rings is 1. The molecule has 0 radical (unpaired) electrons. The van der Waals surface area contributed by atoms with E-state index in [1.165, 1.54) is 0 Å². The number of ether oxygens (including phenoxy) is 1. The molecule has 1 fully saturated rings. The summed E-state index contributed by atoms with van der Waals surface area (Å²) >= 11 is 6.04. The Hall–Kier alpha value is -2.39. The van der Waals surface area contributed by atoms with Gasteiger partial charge in [-0.2, -0.15) is 0 Å². The summed E-state index contributed by atoms with van der Waals surface area (Å²) < 4.78 is 7.33. The molecule has 0 bridgehead atoms. The molecule has 1 aromatic carbocycles. The van der Waals surface area contributed by atoms with Crippen molar-refractivity contribution in [2.45, 2.75) is 25.5 Å². The van der Waals surface area contributed by atoms with Gasteiger partial charge in [-0.1, -0.05) is 6.07 Å². The lowest BCUT2D eigenvalue weighted by atomic mass is 10.2. The smallest absolute Gasteiger partial charge is 0.204 e. The number of aromatic hydroxyl groups is 1. The van der Waals surface area contributed by atoms with Crippen LogP contribution in [0.1, 0.15) is 17.0 Å². The second kappa shape index (κ2) is 9.82. The fraction of sp³-hybridized carbons (Fsp3) is 0.455. The third-order valence-corrected chi connectivity index (χ3v) is 5.74. The van der Waals surface area contributed by atoms with Crippen molar-refractivity contribution in [2.75, 3.05) is 44.7 Å². The number of anilines is 1. The van der Waals surface area contributed by atoms with Gasteiger partial charge in [-0.15, -0.1) is 11.6 Å². The van der Waals surface area contributed by atoms with Gasteiger partial charge in [0.2, 0.25) is 5.95 Å². The highest BCUT2D eigenvalue weighted by Crippen LogP contribution is 2.25. The first-order valence-corrected chi connectivity index (χ1v) is 11.0. The number of alkyl halides is 1. The largest absolute Gasteiger partial charge is 0.506 e. The van der Waals surface area contributed by atoms with Crippen molar-refractivity contribution in [3.63, 3.8) is 0 Å². The molecule has 3 aromatic rings. The maximum absolute atomic E-state index is 10.5. The number of aliphatic hydroxyl groups excluding tert-OH is 1. The molecule has 31 heavy (non-hydrogen) atoms. The van der Waals surface area contributed by atoms with Crippen LogP contribution in [-0.2, 0) is 17.2 Å². The number of fused-ring (bicyclic) bond motifs is 1. The average molecular weight is 446 g/mol. The van der Waals surface area contributed by atoms with Crippen molar-refractivity contribution >= 4 is 28.6 Å². The fourth-order valence-electron chi connectivity index (χ4n) is 3.77. The summed E-state index contributed by atoms with van der Waals surface area (Å²) in [5, 5.41) is 24.1. The lowest BCUT2D eigenvalue weighted by molar-refractivity contribution is 0.0171. The molecule has 1 aliphatic rings. The zero-order valence-corrected chi connectivity index (χ0v) is 18.3. The molecule has 8 nitrogen and oxygen atoms in total. The number of β-amino-alcohol motifs (C(OH)–C–C–N with tert-alkyl or cyclic N) is 1. The first-order valence-electron chi connectivity index (χ1n) is 10.5. The minimum Gasteiger partial charge on any atom is -0.506 e. The SMILES string of the molecule is Cc1ccc(O)c(Cn2c(NCC(O)CN3CCOCC3)nc3ccc(CCl)cc32)n1. The van der Waals surface area contributed by atoms with Crippen LogP contribution in [-0.4, -0.2) is 75.1 Å². The predicted octanol–water partition coefficient (Wildman–Crippen LogP) is 2.34. The van der Waals surface area contributed by atoms with Crippen LogP contribution in [0.15, 0.2) is 30.3 Å². The zero-order chi connectivity index (χ0) is 21.8. The Labute approximate surface area is 186 Å². The molecule has 2 aromatic heterocycles. The Morgan fingerprint density at radius 1 is 1.19 bits per heavy atom. The lowest BCUT2D eigenvalue weighted by Crippen LogP contribution is -2.42. The van der Waals surface area contributed by atoms with Crippen molar-refractivity contribution in [3.05, 3.63) is 47.3 Å². The van der Waals surface area contributed by atoms with Crippen LogP contribution in [0.5, 0.6) is 5.75 Å². The van der Waals surface area contributed by atoms with Crippen LogP contribution in [0.2, 0.25) is 0 Å². The Kier molecular flexibility index (Phi) is 6.92. The summed E-state index contributed by atoms with van der Waals surface area (Å²) in [6, 6.07) is 9.31. The fourth-order valence-corrected chi connectivity index (χ4v) is 3.94. The minimum atomic E-state index is -0.546. The summed E-state index contributed by atoms with van der Waals surface area (Å²) in [5.74, 6) is 1.15. The van der Waals surface area contributed by atoms with Crippen LogP contribution >= 0.6 is 11.6 Å². The second-order valence-corrected chi connectivity index (χ2v) is 8.11. The van der Waals surface area contributed by atoms with Gasteiger partial charge < -0.3 is 24.8 Å². The number of benzene rings is 1. The molecule has 9 heteroatoms. The molecular weight excluding hydrogens is 418 g/mol. The van der Waals surface area contributed by atoms with Gasteiger partial charge in [-0.3, -0.25) is 9.88 Å². The Morgan fingerprint density at radius 3 is 2.77 bits per heavy atom. The van der Waals surface area contributed by atoms with Crippen LogP contribution in [0.3, 0.4) is 0 Å². The first-order chi connectivity index (χ1) is 15.0. The molecule has 166 valence electrons. The molecular formula is C22H28ClN5O3. The van der Waals surface area contributed by atoms with Gasteiger partial charge in [0.1, 0.15) is 11.4 Å². The maximum atomic E-state index is 10.5. The summed E-state index contributed by atoms with van der Waals surface area (Å²) in [6.45, 7) is 6.23. The third-order valence-electron chi connectivity index (χ3n) is 5.43. The van der Waals surface area contributed by atoms with Gasteiger partial charge >= 0.3 is 0 Å². The van der Waals surface area contributed by atoms with Crippen molar-refractivity contribution in [3.8, 4) is 5.75 Å². The van der Waals surface area contributed by atoms with Crippen LogP contribution in [0, 0.1) is 6.92 Å². The number of aliphatic hydroxyl groups is 1. The number of rotatable bonds is 8. The molecule has 0 saturated carbocycles. The molecule has 1 atom stereocenters. The molecule has 0 amide bonds. The number of nitrogens with one attached hydrogen (secondary N) is 1. The van der Waals surface area contributed by atoms with Crippen LogP contribution < -0.4 is 5.32 Å². The normalized spacial score (nSPS) is 16.0. The summed E-state index contributed by atoms with van der Waals surface area (Å²) in [4.78, 5) is 11.4. The van der Waals surface area contributed by atoms with Crippen molar-refractivity contribution in [1.82, 2.24) is 19.4 Å². The van der Waals surface area contributed by atoms with Crippen molar-refractivity contribution < 1.29 is 14.9 Å². The van der Waals surface area contributed by atoms with E-state index in [1.54, 1.807) is 12.1 Å². The van der Waals surface area contributed by atoms with Gasteiger partial charge in [-0.25, -0.2) is 4.98 Å². The number of hydrogen-bond acceptors (Lipinski definition) is 7. The molecule has 0 spiro atoms. The lowest BCUT2D eigenvalue weighted by Gasteiger charge is -2.28. The van der Waals surface area contributed by atoms with E-state index in [0.29, 0.717) is 50.4 Å². The van der Waals surface area contributed by atoms with E-state index in [4.69, 9.17) is 21.3 Å². The zero-order valence-electron chi connectivity index (χ0n) is 17.6. The van der Waals surface area contributed by atoms with Crippen LogP contribution in [0.4, 0.5) is 5.95 Å². The summed E-state index contributed by atoms with van der Waals surface area (Å²) in [5.41, 5.74) is 4.08. The number of aryl methyl sites for hydroxylation is 1. The van der Waals surface area contributed by atoms with Gasteiger partial charge in [0.05, 0.1) is 36.9 Å². The first kappa shape index (κ1) is 21.8. The Morgan fingerprint density at radius 2 is 2.00 bits per heavy atom. The monoisotopic (exact) mass is 445 g/mol. The maximum Gasteiger partial charge on any atom is 0.204 e. The van der Waals surface area contributed by atoms with E-state index >= 15 is 0 Å². The van der Waals surface area contributed by atoms with E-state index in [9.17, 15) is 10.2 Å². The Balaban J connectivity index is 1.57. The highest BCUT2D eigenvalue weighted by molar-refractivity contribution is 6.17. The van der Waals surface area contributed by atoms with Gasteiger partial charge in [0.25, 0.3) is 0 Å². The van der Waals surface area contributed by atoms with E-state index in [0.717, 1.165) is 35.4 Å². The van der Waals surface area contributed by atoms with Crippen molar-refractivity contribution in [1.29, 1.82) is 0 Å². The highest BCUT2D eigenvalue weighted by Gasteiger charge is 2.18. The van der Waals surface area contributed by atoms with Crippen LogP contribution in [0.25, 0.3) is 11.0 Å². The van der Waals surface area contributed by atoms with Gasteiger partial charge in [-0.05, 0) is 36.8 Å². The molecule has 3 heterocycles. The van der Waals surface area contributed by atoms with Gasteiger partial charge in [0, 0.05) is 37.8 Å². The predicted molar refractivity (Wildman–Crippen MR) is 121 cm³/mol. The number of nitrogens with zero attached hydrogens (tertiary/aromatic N) is 4. The third kappa shape index (κ3) is 5.27. The van der Waals surface area contributed by atoms with Crippen molar-refractivity contribution in [2.24, 2.45) is 0 Å². The number of imidazole rings is 1. The standard InChI is InChI=1S/C22H28ClN5O3/c1-15-2-5-21(30)19(25-15)14-28-20-10-16(11-23)3-4-18(20)26-22(28)24-12-17(29)13-27-6-8-31-9-7-27/h2-5,10,17,29-30H,6-9,11-14H2,1H3,(H,24,26). The van der Waals surface area contributed by atoms with E-state index in [1.807, 2.05) is 29.7 Å². The molecule has 0 aliphatic carbocycles. The quantitative estimate of drug-likeness (QED) is 0.458. The summed E-state index contributed by atoms with van der Waals surface area (Å²) in [7, 11) is 0. The van der Waals surface area contributed by atoms with E-state index in [-0.39, 0.29) is 5.75 Å². The second-order valence-electron chi connectivity index (χ2n) is 7.84. The topological polar surface area (TPSA) is 95.7 Å². The molecule has 4 rings (SSSR count). The number of aromatic nitrogens is 3. The molecule has 1 aliphatic heterocycles. The number of pyridine rings is 1. The highest BCUT2D eigenvalue weighted by atomic mass is 35.5. The van der Waals surface area contributed by atoms with E-state index in [2.05, 4.69) is 15.2 Å². The minimum absolute atomic E-state index is 0.138. The molecule has 1 unspecified atom stereocenters.